The lowest BCUT2D eigenvalue weighted by Crippen LogP contribution is -2.64. The van der Waals surface area contributed by atoms with Gasteiger partial charge in [-0.15, -0.1) is 0 Å². The van der Waals surface area contributed by atoms with E-state index < -0.39 is 89.6 Å². The molecule has 70 heavy (non-hydrogen) atoms. The van der Waals surface area contributed by atoms with Gasteiger partial charge in [0.25, 0.3) is 0 Å². The minimum Gasteiger partial charge on any atom is -0.462 e. The van der Waals surface area contributed by atoms with Gasteiger partial charge in [-0.1, -0.05) is 156 Å². The Balaban J connectivity index is 2.63. The van der Waals surface area contributed by atoms with Crippen LogP contribution < -0.4 is 0 Å². The van der Waals surface area contributed by atoms with Crippen LogP contribution in [0.25, 0.3) is 0 Å². The fraction of sp³-hybridized carbons (Fsp3) is 0.647. The first-order chi connectivity index (χ1) is 33.5. The van der Waals surface area contributed by atoms with Gasteiger partial charge in [0.05, 0.1) is 12.7 Å². The van der Waals surface area contributed by atoms with Crippen molar-refractivity contribution in [3.8, 4) is 0 Å². The first-order valence-corrected chi connectivity index (χ1v) is 27.9. The molecule has 0 heterocycles. The van der Waals surface area contributed by atoms with Gasteiger partial charge in [-0.3, -0.25) is 23.2 Å². The van der Waals surface area contributed by atoms with Crippen LogP contribution in [0.2, 0.25) is 0 Å². The van der Waals surface area contributed by atoms with Gasteiger partial charge in [-0.2, -0.15) is 0 Å². The molecule has 1 aliphatic carbocycles. The van der Waals surface area contributed by atoms with Crippen LogP contribution in [0, 0.1) is 0 Å². The van der Waals surface area contributed by atoms with E-state index in [-0.39, 0.29) is 12.8 Å². The molecular formula is C51H84O17P2. The monoisotopic (exact) mass is 1030 g/mol. The van der Waals surface area contributed by atoms with Crippen LogP contribution in [0.1, 0.15) is 149 Å². The molecular weight excluding hydrogens is 946 g/mol. The molecule has 0 spiro atoms. The molecule has 0 aromatic rings. The largest absolute Gasteiger partial charge is 0.472 e. The quantitative estimate of drug-likeness (QED) is 0.00935. The highest BCUT2D eigenvalue weighted by Crippen LogP contribution is 2.49. The van der Waals surface area contributed by atoms with E-state index >= 15 is 0 Å². The minimum absolute atomic E-state index is 0.00114. The molecule has 0 radical (unpaired) electrons. The van der Waals surface area contributed by atoms with Crippen molar-refractivity contribution in [3.05, 3.63) is 97.2 Å². The van der Waals surface area contributed by atoms with E-state index in [0.717, 1.165) is 96.3 Å². The smallest absolute Gasteiger partial charge is 0.462 e. The zero-order valence-corrected chi connectivity index (χ0v) is 43.1. The highest BCUT2D eigenvalue weighted by molar-refractivity contribution is 7.47. The van der Waals surface area contributed by atoms with Gasteiger partial charge in [0, 0.05) is 12.8 Å². The number of aliphatic hydroxyl groups is 5. The van der Waals surface area contributed by atoms with Gasteiger partial charge >= 0.3 is 27.6 Å². The predicted octanol–water partition coefficient (Wildman–Crippen LogP) is 8.92. The van der Waals surface area contributed by atoms with Crippen molar-refractivity contribution in [1.82, 2.24) is 0 Å². The molecule has 8 N–H and O–H groups in total. The fourth-order valence-corrected chi connectivity index (χ4v) is 8.42. The second-order valence-corrected chi connectivity index (χ2v) is 19.6. The van der Waals surface area contributed by atoms with Crippen LogP contribution in [-0.4, -0.2) is 114 Å². The fourth-order valence-electron chi connectivity index (χ4n) is 6.88. The SMILES string of the molecule is CC/C=C\C/C=C\C/C=C\C/C=C\CCCCCCCCC(=O)O[C@H](COC(=O)CCC/C=C\C/C=C\C/C=C\C=C\[C@H](O)CCCCC)COP(=O)(O)O[C@H]1C(O)C(O)C(O)[C@@H](OP(=O)(O)O)C1O. The number of unbranched alkanes of at least 4 members (excludes halogenated alkanes) is 9. The third-order valence-corrected chi connectivity index (χ3v) is 12.2. The third-order valence-electron chi connectivity index (χ3n) is 10.7. The summed E-state index contributed by atoms with van der Waals surface area (Å²) in [5.41, 5.74) is 0. The first kappa shape index (κ1) is 64.9. The molecule has 19 heteroatoms. The second-order valence-electron chi connectivity index (χ2n) is 17.0. The molecule has 400 valence electrons. The van der Waals surface area contributed by atoms with Crippen LogP contribution in [0.5, 0.6) is 0 Å². The van der Waals surface area contributed by atoms with E-state index in [0.29, 0.717) is 25.7 Å². The highest BCUT2D eigenvalue weighted by atomic mass is 31.2. The summed E-state index contributed by atoms with van der Waals surface area (Å²) in [7, 11) is -10.7. The number of esters is 2. The van der Waals surface area contributed by atoms with Gasteiger partial charge in [-0.25, -0.2) is 9.13 Å². The maximum atomic E-state index is 13.0. The first-order valence-electron chi connectivity index (χ1n) is 24.9. The minimum atomic E-state index is -5.38. The lowest BCUT2D eigenvalue weighted by atomic mass is 9.85. The maximum Gasteiger partial charge on any atom is 0.472 e. The van der Waals surface area contributed by atoms with E-state index in [2.05, 4.69) is 67.0 Å². The Morgan fingerprint density at radius 2 is 1.06 bits per heavy atom. The van der Waals surface area contributed by atoms with Gasteiger partial charge in [0.1, 0.15) is 43.2 Å². The molecule has 1 saturated carbocycles. The van der Waals surface area contributed by atoms with Crippen molar-refractivity contribution < 1.29 is 82.0 Å². The number of allylic oxidation sites excluding steroid dienone is 15. The van der Waals surface area contributed by atoms with E-state index in [4.69, 9.17) is 18.5 Å². The molecule has 0 aromatic heterocycles. The molecule has 9 atom stereocenters. The van der Waals surface area contributed by atoms with Crippen molar-refractivity contribution in [3.63, 3.8) is 0 Å². The zero-order chi connectivity index (χ0) is 51.9. The molecule has 0 saturated heterocycles. The van der Waals surface area contributed by atoms with E-state index in [1.165, 1.54) is 0 Å². The molecule has 0 aliphatic heterocycles. The van der Waals surface area contributed by atoms with E-state index in [1.807, 2.05) is 42.5 Å². The number of phosphoric acid groups is 2. The summed E-state index contributed by atoms with van der Waals surface area (Å²) >= 11 is 0. The Morgan fingerprint density at radius 1 is 0.543 bits per heavy atom. The van der Waals surface area contributed by atoms with Crippen LogP contribution in [0.3, 0.4) is 0 Å². The molecule has 0 bridgehead atoms. The lowest BCUT2D eigenvalue weighted by molar-refractivity contribution is -0.216. The molecule has 1 aliphatic rings. The van der Waals surface area contributed by atoms with Crippen molar-refractivity contribution in [2.45, 2.75) is 198 Å². The lowest BCUT2D eigenvalue weighted by Gasteiger charge is -2.43. The third kappa shape index (κ3) is 34.3. The van der Waals surface area contributed by atoms with Crippen molar-refractivity contribution in [2.75, 3.05) is 13.2 Å². The zero-order valence-electron chi connectivity index (χ0n) is 41.3. The normalized spacial score (nSPS) is 22.3. The van der Waals surface area contributed by atoms with E-state index in [1.54, 1.807) is 6.08 Å². The maximum absolute atomic E-state index is 13.0. The van der Waals surface area contributed by atoms with E-state index in [9.17, 15) is 58.9 Å². The Kier molecular flexibility index (Phi) is 37.4. The standard InChI is InChI=1S/C51H84O17P2/c1-3-5-7-8-9-10-11-12-13-14-15-16-17-18-21-25-28-31-35-39-45(54)66-43(41-65-70(62,63)68-51-48(57)46(55)47(56)50(49(51)58)67-69(59,60)61)40-64-44(53)38-34-30-27-24-22-19-20-23-26-29-33-37-42(52)36-32-6-4-2/h5,7,9-10,12-13,15-16,19-20,24,26-27,29,33,37,42-43,46-52,55-58H,3-4,6,8,11,14,17-18,21-23,25,28,30-32,34-36,38-41H2,1-2H3,(H,62,63)(H2,59,60,61)/b7-5-,10-9-,13-12-,16-15-,20-19-,27-24-,29-26-,37-33+/t42-,43-,46?,47?,48?,49?,50-,51+/m1/s1. The number of ether oxygens (including phenoxy) is 2. The topological polar surface area (TPSA) is 276 Å². The van der Waals surface area contributed by atoms with Crippen LogP contribution >= 0.6 is 15.6 Å². The average molecular weight is 1030 g/mol. The van der Waals surface area contributed by atoms with Gasteiger partial charge in [0.15, 0.2) is 6.10 Å². The summed E-state index contributed by atoms with van der Waals surface area (Å²) in [5.74, 6) is -1.32. The van der Waals surface area contributed by atoms with Gasteiger partial charge in [0.2, 0.25) is 0 Å². The van der Waals surface area contributed by atoms with Crippen molar-refractivity contribution >= 4 is 27.6 Å². The number of carbonyl (C=O) groups excluding carboxylic acids is 2. The Labute approximate surface area is 416 Å². The Bertz CT molecular complexity index is 1730. The number of hydrogen-bond donors (Lipinski definition) is 8. The summed E-state index contributed by atoms with van der Waals surface area (Å²) in [5, 5.41) is 51.2. The molecule has 5 unspecified atom stereocenters. The Hall–Kier alpha value is -3.12. The van der Waals surface area contributed by atoms with Crippen molar-refractivity contribution in [2.24, 2.45) is 0 Å². The Morgan fingerprint density at radius 3 is 1.64 bits per heavy atom. The van der Waals surface area contributed by atoms with Gasteiger partial charge < -0.3 is 49.7 Å². The summed E-state index contributed by atoms with van der Waals surface area (Å²) in [6.07, 6.45) is 33.9. The predicted molar refractivity (Wildman–Crippen MR) is 270 cm³/mol. The molecule has 0 amide bonds. The van der Waals surface area contributed by atoms with Crippen LogP contribution in [0.4, 0.5) is 0 Å². The summed E-state index contributed by atoms with van der Waals surface area (Å²) in [6.45, 7) is 2.81. The second kappa shape index (κ2) is 40.4. The van der Waals surface area contributed by atoms with Crippen molar-refractivity contribution in [1.29, 1.82) is 0 Å². The number of carbonyl (C=O) groups is 2. The van der Waals surface area contributed by atoms with Crippen LogP contribution in [-0.2, 0) is 41.8 Å². The number of aliphatic hydroxyl groups excluding tert-OH is 5. The van der Waals surface area contributed by atoms with Gasteiger partial charge in [-0.05, 0) is 77.0 Å². The number of hydrogen-bond acceptors (Lipinski definition) is 14. The molecule has 17 nitrogen and oxygen atoms in total. The molecule has 1 fully saturated rings. The number of rotatable bonds is 40. The summed E-state index contributed by atoms with van der Waals surface area (Å²) in [6, 6.07) is 0. The molecule has 1 rings (SSSR count). The van der Waals surface area contributed by atoms with Crippen LogP contribution in [0.15, 0.2) is 97.2 Å². The summed E-state index contributed by atoms with van der Waals surface area (Å²) in [4.78, 5) is 54.4. The molecule has 0 aromatic carbocycles. The highest BCUT2D eigenvalue weighted by Gasteiger charge is 2.54. The number of phosphoric ester groups is 2. The average Bonchev–Trinajstić information content (AvgIpc) is 3.31. The summed E-state index contributed by atoms with van der Waals surface area (Å²) < 4.78 is 49.4.